The summed E-state index contributed by atoms with van der Waals surface area (Å²) in [6.07, 6.45) is 8.09. The monoisotopic (exact) mass is 404 g/mol. The first-order valence-electron chi connectivity index (χ1n) is 11.5. The molecule has 1 saturated heterocycles. The van der Waals surface area contributed by atoms with Crippen LogP contribution in [0.5, 0.6) is 5.75 Å². The van der Waals surface area contributed by atoms with E-state index in [1.807, 2.05) is 36.2 Å². The second-order valence-electron chi connectivity index (χ2n) is 9.27. The minimum atomic E-state index is 0.101. The molecule has 1 amide bonds. The van der Waals surface area contributed by atoms with Crippen LogP contribution in [0.1, 0.15) is 65.2 Å². The third kappa shape index (κ3) is 4.24. The average Bonchev–Trinajstić information content (AvgIpc) is 3.46. The number of fused-ring (bicyclic) bond motifs is 1. The molecule has 0 radical (unpaired) electrons. The predicted molar refractivity (Wildman–Crippen MR) is 119 cm³/mol. The van der Waals surface area contributed by atoms with Gasteiger partial charge in [0.1, 0.15) is 5.75 Å². The molecule has 5 rings (SSSR count). The Labute approximate surface area is 179 Å². The van der Waals surface area contributed by atoms with Crippen LogP contribution in [0.3, 0.4) is 0 Å². The first-order chi connectivity index (χ1) is 14.7. The van der Waals surface area contributed by atoms with Crippen molar-refractivity contribution in [1.82, 2.24) is 10.2 Å². The molecule has 2 aromatic carbocycles. The third-order valence-electron chi connectivity index (χ3n) is 7.05. The fourth-order valence-electron chi connectivity index (χ4n) is 4.83. The van der Waals surface area contributed by atoms with Crippen molar-refractivity contribution < 1.29 is 9.53 Å². The van der Waals surface area contributed by atoms with E-state index in [-0.39, 0.29) is 11.9 Å². The van der Waals surface area contributed by atoms with Gasteiger partial charge in [0.15, 0.2) is 0 Å². The number of ether oxygens (including phenoxy) is 1. The second kappa shape index (κ2) is 8.43. The molecular formula is C26H32N2O2. The fraction of sp³-hybridized carbons (Fsp3) is 0.500. The summed E-state index contributed by atoms with van der Waals surface area (Å²) < 4.78 is 5.80. The van der Waals surface area contributed by atoms with Crippen molar-refractivity contribution in [2.45, 2.75) is 57.0 Å². The molecule has 2 unspecified atom stereocenters. The highest BCUT2D eigenvalue weighted by molar-refractivity contribution is 5.94. The Balaban J connectivity index is 1.22. The molecule has 0 bridgehead atoms. The number of likely N-dealkylation sites (N-methyl/N-ethyl adjacent to an activating group) is 1. The molecule has 2 aromatic rings. The maximum Gasteiger partial charge on any atom is 0.253 e. The summed E-state index contributed by atoms with van der Waals surface area (Å²) in [4.78, 5) is 15.0. The summed E-state index contributed by atoms with van der Waals surface area (Å²) >= 11 is 0. The first kappa shape index (κ1) is 19.6. The molecule has 1 aliphatic heterocycles. The fourth-order valence-corrected chi connectivity index (χ4v) is 4.83. The van der Waals surface area contributed by atoms with E-state index in [0.717, 1.165) is 49.6 Å². The minimum absolute atomic E-state index is 0.101. The molecule has 30 heavy (non-hydrogen) atoms. The second-order valence-corrected chi connectivity index (χ2v) is 9.27. The number of carbonyl (C=O) groups excluding carboxylic acids is 1. The van der Waals surface area contributed by atoms with E-state index in [1.165, 1.54) is 42.4 Å². The largest absolute Gasteiger partial charge is 0.493 e. The topological polar surface area (TPSA) is 41.6 Å². The molecule has 2 atom stereocenters. The number of benzene rings is 2. The smallest absolute Gasteiger partial charge is 0.253 e. The van der Waals surface area contributed by atoms with Crippen LogP contribution in [0.2, 0.25) is 0 Å². The molecule has 0 spiro atoms. The zero-order valence-corrected chi connectivity index (χ0v) is 17.9. The lowest BCUT2D eigenvalue weighted by molar-refractivity contribution is 0.0719. The summed E-state index contributed by atoms with van der Waals surface area (Å²) in [5.74, 6) is 1.70. The minimum Gasteiger partial charge on any atom is -0.493 e. The van der Waals surface area contributed by atoms with Gasteiger partial charge in [-0.3, -0.25) is 4.79 Å². The normalized spacial score (nSPS) is 23.1. The lowest BCUT2D eigenvalue weighted by Gasteiger charge is -2.33. The van der Waals surface area contributed by atoms with E-state index >= 15 is 0 Å². The van der Waals surface area contributed by atoms with Crippen LogP contribution in [0.15, 0.2) is 42.5 Å². The van der Waals surface area contributed by atoms with Crippen LogP contribution in [0.25, 0.3) is 0 Å². The molecule has 1 N–H and O–H groups in total. The van der Waals surface area contributed by atoms with Crippen LogP contribution < -0.4 is 10.1 Å². The van der Waals surface area contributed by atoms with Crippen molar-refractivity contribution in [1.29, 1.82) is 0 Å². The zero-order chi connectivity index (χ0) is 20.5. The summed E-state index contributed by atoms with van der Waals surface area (Å²) in [7, 11) is 1.95. The van der Waals surface area contributed by atoms with Gasteiger partial charge >= 0.3 is 0 Å². The molecule has 4 heteroatoms. The summed E-state index contributed by atoms with van der Waals surface area (Å²) in [6, 6.07) is 15.4. The third-order valence-corrected chi connectivity index (χ3v) is 7.05. The van der Waals surface area contributed by atoms with E-state index in [9.17, 15) is 4.79 Å². The molecule has 0 aromatic heterocycles. The van der Waals surface area contributed by atoms with Gasteiger partial charge in [-0.05, 0) is 98.4 Å². The highest BCUT2D eigenvalue weighted by atomic mass is 16.5. The van der Waals surface area contributed by atoms with Gasteiger partial charge in [-0.1, -0.05) is 18.2 Å². The van der Waals surface area contributed by atoms with Crippen LogP contribution in [0, 0.1) is 5.92 Å². The van der Waals surface area contributed by atoms with Gasteiger partial charge in [0, 0.05) is 24.7 Å². The molecule has 2 fully saturated rings. The molecular weight excluding hydrogens is 372 g/mol. The summed E-state index contributed by atoms with van der Waals surface area (Å²) in [5, 5.41) is 3.60. The Morgan fingerprint density at radius 2 is 1.90 bits per heavy atom. The lowest BCUT2D eigenvalue weighted by atomic mass is 9.85. The van der Waals surface area contributed by atoms with Crippen molar-refractivity contribution in [3.63, 3.8) is 0 Å². The van der Waals surface area contributed by atoms with Gasteiger partial charge in [0.25, 0.3) is 5.91 Å². The van der Waals surface area contributed by atoms with Crippen molar-refractivity contribution >= 4 is 5.91 Å². The summed E-state index contributed by atoms with van der Waals surface area (Å²) in [6.45, 7) is 1.93. The van der Waals surface area contributed by atoms with Crippen molar-refractivity contribution in [3.05, 3.63) is 64.7 Å². The van der Waals surface area contributed by atoms with Gasteiger partial charge in [-0.25, -0.2) is 0 Å². The molecule has 4 nitrogen and oxygen atoms in total. The number of carbonyl (C=O) groups is 1. The Bertz CT molecular complexity index is 898. The quantitative estimate of drug-likeness (QED) is 0.769. The Kier molecular flexibility index (Phi) is 5.51. The maximum absolute atomic E-state index is 13.0. The summed E-state index contributed by atoms with van der Waals surface area (Å²) in [5.41, 5.74) is 5.04. The van der Waals surface area contributed by atoms with E-state index < -0.39 is 0 Å². The zero-order valence-electron chi connectivity index (χ0n) is 17.9. The average molecular weight is 405 g/mol. The van der Waals surface area contributed by atoms with E-state index in [1.54, 1.807) is 0 Å². The number of nitrogens with zero attached hydrogens (tertiary/aromatic N) is 1. The Morgan fingerprint density at radius 3 is 2.63 bits per heavy atom. The molecule has 1 saturated carbocycles. The van der Waals surface area contributed by atoms with Gasteiger partial charge in [0.05, 0.1) is 6.61 Å². The number of amides is 1. The van der Waals surface area contributed by atoms with Gasteiger partial charge < -0.3 is 15.0 Å². The standard InChI is InChI=1S/C26H32N2O2/c1-28(26(29)19-9-12-24(13-10-19)30-17-18-4-5-18)23-11-8-20-15-22(7-6-21(20)16-23)25-3-2-14-27-25/h6-7,9-10,12-13,15,18,23,25,27H,2-5,8,11,14,16-17H2,1H3. The molecule has 1 heterocycles. The first-order valence-corrected chi connectivity index (χ1v) is 11.5. The van der Waals surface area contributed by atoms with E-state index in [4.69, 9.17) is 4.74 Å². The van der Waals surface area contributed by atoms with E-state index in [2.05, 4.69) is 23.5 Å². The van der Waals surface area contributed by atoms with Crippen LogP contribution in [0.4, 0.5) is 0 Å². The number of nitrogens with one attached hydrogen (secondary N) is 1. The van der Waals surface area contributed by atoms with Crippen LogP contribution >= 0.6 is 0 Å². The molecule has 158 valence electrons. The van der Waals surface area contributed by atoms with Gasteiger partial charge in [-0.15, -0.1) is 0 Å². The lowest BCUT2D eigenvalue weighted by Crippen LogP contribution is -2.40. The van der Waals surface area contributed by atoms with Crippen molar-refractivity contribution in [2.75, 3.05) is 20.2 Å². The van der Waals surface area contributed by atoms with E-state index in [0.29, 0.717) is 6.04 Å². The van der Waals surface area contributed by atoms with Crippen LogP contribution in [-0.2, 0) is 12.8 Å². The van der Waals surface area contributed by atoms with Crippen molar-refractivity contribution in [2.24, 2.45) is 5.92 Å². The van der Waals surface area contributed by atoms with Crippen LogP contribution in [-0.4, -0.2) is 37.0 Å². The van der Waals surface area contributed by atoms with Gasteiger partial charge in [-0.2, -0.15) is 0 Å². The highest BCUT2D eigenvalue weighted by Gasteiger charge is 2.27. The number of rotatable bonds is 6. The molecule has 3 aliphatic rings. The maximum atomic E-state index is 13.0. The Hall–Kier alpha value is -2.33. The molecule has 2 aliphatic carbocycles. The predicted octanol–water partition coefficient (Wildman–Crippen LogP) is 4.53. The number of aryl methyl sites for hydroxylation is 1. The van der Waals surface area contributed by atoms with Gasteiger partial charge in [0.2, 0.25) is 0 Å². The highest BCUT2D eigenvalue weighted by Crippen LogP contribution is 2.31. The number of hydrogen-bond acceptors (Lipinski definition) is 3. The van der Waals surface area contributed by atoms with Crippen molar-refractivity contribution in [3.8, 4) is 5.75 Å². The number of hydrogen-bond donors (Lipinski definition) is 1. The Morgan fingerprint density at radius 1 is 1.07 bits per heavy atom. The SMILES string of the molecule is CN(C(=O)c1ccc(OCC2CC2)cc1)C1CCc2cc(C3CCCN3)ccc2C1.